The summed E-state index contributed by atoms with van der Waals surface area (Å²) in [4.78, 5) is 0. The molecule has 0 saturated heterocycles. The number of benzene rings is 1. The van der Waals surface area contributed by atoms with Crippen molar-refractivity contribution in [1.29, 1.82) is 0 Å². The Morgan fingerprint density at radius 2 is 1.86 bits per heavy atom. The van der Waals surface area contributed by atoms with E-state index in [1.807, 2.05) is 6.20 Å². The molecule has 0 bridgehead atoms. The first-order chi connectivity index (χ1) is 10.2. The lowest BCUT2D eigenvalue weighted by Crippen LogP contribution is -2.19. The van der Waals surface area contributed by atoms with Crippen LogP contribution in [0.25, 0.3) is 11.1 Å². The smallest absolute Gasteiger partial charge is 0.0571 e. The third-order valence-corrected chi connectivity index (χ3v) is 4.02. The molecule has 0 saturated carbocycles. The Morgan fingerprint density at radius 1 is 1.14 bits per heavy atom. The highest BCUT2D eigenvalue weighted by molar-refractivity contribution is 5.65. The standard InChI is InChI=1S/C18H27N3/c1-5-12-21-14(4)17(13-20-21)15-8-10-16(11-9-15)18(6-2)19-7-3/h8-11,13,18-19H,5-7,12H2,1-4H3. The highest BCUT2D eigenvalue weighted by atomic mass is 15.3. The molecule has 1 aromatic carbocycles. The van der Waals surface area contributed by atoms with Crippen molar-refractivity contribution in [2.45, 2.75) is 53.1 Å². The van der Waals surface area contributed by atoms with Crippen LogP contribution in [-0.4, -0.2) is 16.3 Å². The second kappa shape index (κ2) is 7.41. The van der Waals surface area contributed by atoms with Gasteiger partial charge in [-0.15, -0.1) is 0 Å². The normalized spacial score (nSPS) is 12.6. The maximum Gasteiger partial charge on any atom is 0.0571 e. The molecular weight excluding hydrogens is 258 g/mol. The van der Waals surface area contributed by atoms with Crippen molar-refractivity contribution in [3.63, 3.8) is 0 Å². The SMILES string of the molecule is CCCn1ncc(-c2ccc(C(CC)NCC)cc2)c1C. The van der Waals surface area contributed by atoms with Gasteiger partial charge < -0.3 is 5.32 Å². The van der Waals surface area contributed by atoms with Crippen LogP contribution in [0, 0.1) is 6.92 Å². The lowest BCUT2D eigenvalue weighted by atomic mass is 10.00. The predicted molar refractivity (Wildman–Crippen MR) is 89.4 cm³/mol. The monoisotopic (exact) mass is 285 g/mol. The van der Waals surface area contributed by atoms with Gasteiger partial charge >= 0.3 is 0 Å². The van der Waals surface area contributed by atoms with Crippen molar-refractivity contribution < 1.29 is 0 Å². The maximum absolute atomic E-state index is 4.49. The van der Waals surface area contributed by atoms with Gasteiger partial charge in [0.1, 0.15) is 0 Å². The topological polar surface area (TPSA) is 29.9 Å². The Kier molecular flexibility index (Phi) is 5.57. The number of nitrogens with one attached hydrogen (secondary N) is 1. The summed E-state index contributed by atoms with van der Waals surface area (Å²) in [6.45, 7) is 10.7. The Morgan fingerprint density at radius 3 is 2.43 bits per heavy atom. The first-order valence-electron chi connectivity index (χ1n) is 8.07. The first kappa shape index (κ1) is 15.8. The van der Waals surface area contributed by atoms with E-state index in [0.29, 0.717) is 6.04 Å². The Balaban J connectivity index is 2.22. The molecule has 0 aliphatic heterocycles. The van der Waals surface area contributed by atoms with Gasteiger partial charge in [0.05, 0.1) is 6.20 Å². The van der Waals surface area contributed by atoms with Gasteiger partial charge in [-0.2, -0.15) is 5.10 Å². The van der Waals surface area contributed by atoms with Crippen molar-refractivity contribution in [3.05, 3.63) is 41.7 Å². The zero-order valence-electron chi connectivity index (χ0n) is 13.7. The molecule has 21 heavy (non-hydrogen) atoms. The molecule has 2 rings (SSSR count). The van der Waals surface area contributed by atoms with Crippen molar-refractivity contribution in [2.24, 2.45) is 0 Å². The summed E-state index contributed by atoms with van der Waals surface area (Å²) in [5.74, 6) is 0. The number of nitrogens with zero attached hydrogens (tertiary/aromatic N) is 2. The zero-order chi connectivity index (χ0) is 15.2. The predicted octanol–water partition coefficient (Wildman–Crippen LogP) is 4.33. The van der Waals surface area contributed by atoms with Gasteiger partial charge in [-0.25, -0.2) is 0 Å². The van der Waals surface area contributed by atoms with Crippen LogP contribution in [0.5, 0.6) is 0 Å². The number of rotatable bonds is 7. The van der Waals surface area contributed by atoms with Gasteiger partial charge in [0.2, 0.25) is 0 Å². The van der Waals surface area contributed by atoms with Crippen LogP contribution in [-0.2, 0) is 6.54 Å². The Bertz CT molecular complexity index is 554. The third kappa shape index (κ3) is 3.53. The molecule has 1 aromatic heterocycles. The summed E-state index contributed by atoms with van der Waals surface area (Å²) in [5, 5.41) is 8.01. The van der Waals surface area contributed by atoms with Crippen molar-refractivity contribution in [1.82, 2.24) is 15.1 Å². The first-order valence-corrected chi connectivity index (χ1v) is 8.07. The molecule has 3 heteroatoms. The van der Waals surface area contributed by atoms with E-state index in [9.17, 15) is 0 Å². The number of aromatic nitrogens is 2. The molecule has 1 N–H and O–H groups in total. The Labute approximate surface area is 128 Å². The van der Waals surface area contributed by atoms with Crippen LogP contribution in [0.1, 0.15) is 50.9 Å². The fourth-order valence-electron chi connectivity index (χ4n) is 2.81. The van der Waals surface area contributed by atoms with E-state index >= 15 is 0 Å². The van der Waals surface area contributed by atoms with E-state index in [2.05, 4.69) is 67.1 Å². The summed E-state index contributed by atoms with van der Waals surface area (Å²) in [5.41, 5.74) is 5.11. The number of hydrogen-bond acceptors (Lipinski definition) is 2. The van der Waals surface area contributed by atoms with Gasteiger partial charge in [0.15, 0.2) is 0 Å². The van der Waals surface area contributed by atoms with Crippen molar-refractivity contribution >= 4 is 0 Å². The van der Waals surface area contributed by atoms with Crippen LogP contribution >= 0.6 is 0 Å². The molecule has 3 nitrogen and oxygen atoms in total. The van der Waals surface area contributed by atoms with Gasteiger partial charge in [0.25, 0.3) is 0 Å². The van der Waals surface area contributed by atoms with Crippen LogP contribution in [0.3, 0.4) is 0 Å². The average Bonchev–Trinajstić information content (AvgIpc) is 2.87. The third-order valence-electron chi connectivity index (χ3n) is 4.02. The minimum Gasteiger partial charge on any atom is -0.310 e. The van der Waals surface area contributed by atoms with Gasteiger partial charge in [-0.1, -0.05) is 45.0 Å². The molecule has 2 aromatic rings. The minimum absolute atomic E-state index is 0.452. The molecule has 0 spiro atoms. The van der Waals surface area contributed by atoms with E-state index in [0.717, 1.165) is 25.9 Å². The average molecular weight is 285 g/mol. The van der Waals surface area contributed by atoms with Gasteiger partial charge in [-0.3, -0.25) is 4.68 Å². The van der Waals surface area contributed by atoms with Crippen LogP contribution in [0.2, 0.25) is 0 Å². The summed E-state index contributed by atoms with van der Waals surface area (Å²) in [6.07, 6.45) is 4.21. The number of hydrogen-bond donors (Lipinski definition) is 1. The molecule has 1 heterocycles. The highest BCUT2D eigenvalue weighted by Crippen LogP contribution is 2.25. The van der Waals surface area contributed by atoms with Crippen LogP contribution < -0.4 is 5.32 Å². The lowest BCUT2D eigenvalue weighted by Gasteiger charge is -2.16. The van der Waals surface area contributed by atoms with E-state index in [4.69, 9.17) is 0 Å². The van der Waals surface area contributed by atoms with E-state index in [-0.39, 0.29) is 0 Å². The Hall–Kier alpha value is -1.61. The van der Waals surface area contributed by atoms with E-state index in [1.54, 1.807) is 0 Å². The van der Waals surface area contributed by atoms with Crippen molar-refractivity contribution in [3.8, 4) is 11.1 Å². The van der Waals surface area contributed by atoms with Gasteiger partial charge in [0, 0.05) is 23.8 Å². The zero-order valence-corrected chi connectivity index (χ0v) is 13.7. The van der Waals surface area contributed by atoms with Crippen molar-refractivity contribution in [2.75, 3.05) is 6.54 Å². The summed E-state index contributed by atoms with van der Waals surface area (Å²) in [6, 6.07) is 9.37. The maximum atomic E-state index is 4.49. The largest absolute Gasteiger partial charge is 0.310 e. The molecule has 114 valence electrons. The molecule has 0 aliphatic rings. The molecule has 0 fully saturated rings. The quantitative estimate of drug-likeness (QED) is 0.820. The molecule has 1 atom stereocenters. The second-order valence-electron chi connectivity index (χ2n) is 5.51. The summed E-state index contributed by atoms with van der Waals surface area (Å²) >= 11 is 0. The van der Waals surface area contributed by atoms with Crippen LogP contribution in [0.4, 0.5) is 0 Å². The lowest BCUT2D eigenvalue weighted by molar-refractivity contribution is 0.537. The summed E-state index contributed by atoms with van der Waals surface area (Å²) in [7, 11) is 0. The fourth-order valence-corrected chi connectivity index (χ4v) is 2.81. The molecule has 1 unspecified atom stereocenters. The van der Waals surface area contributed by atoms with Crippen LogP contribution in [0.15, 0.2) is 30.5 Å². The number of aryl methyl sites for hydroxylation is 1. The van der Waals surface area contributed by atoms with E-state index < -0.39 is 0 Å². The summed E-state index contributed by atoms with van der Waals surface area (Å²) < 4.78 is 2.09. The molecular formula is C18H27N3. The minimum atomic E-state index is 0.452. The molecule has 0 amide bonds. The fraction of sp³-hybridized carbons (Fsp3) is 0.500. The molecule has 0 aliphatic carbocycles. The van der Waals surface area contributed by atoms with Gasteiger partial charge in [-0.05, 0) is 37.4 Å². The van der Waals surface area contributed by atoms with E-state index in [1.165, 1.54) is 22.4 Å². The molecule has 0 radical (unpaired) electrons. The highest BCUT2D eigenvalue weighted by Gasteiger charge is 2.10. The second-order valence-corrected chi connectivity index (χ2v) is 5.51.